The third kappa shape index (κ3) is 5.58. The third-order valence-corrected chi connectivity index (χ3v) is 1.85. The van der Waals surface area contributed by atoms with Crippen LogP contribution in [0.1, 0.15) is 26.3 Å². The van der Waals surface area contributed by atoms with E-state index in [9.17, 15) is 0 Å². The molecule has 0 saturated heterocycles. The average Bonchev–Trinajstić information content (AvgIpc) is 2.23. The van der Waals surface area contributed by atoms with Gasteiger partial charge in [-0.25, -0.2) is 0 Å². The fourth-order valence-electron chi connectivity index (χ4n) is 1.30. The minimum atomic E-state index is -0.191. The van der Waals surface area contributed by atoms with Gasteiger partial charge in [0.2, 0.25) is 0 Å². The predicted octanol–water partition coefficient (Wildman–Crippen LogP) is 3.96. The number of benzene rings is 1. The molecule has 1 aromatic carbocycles. The summed E-state index contributed by atoms with van der Waals surface area (Å²) in [6.45, 7) is 6.06. The fraction of sp³-hybridized carbons (Fsp3) is 0.267. The summed E-state index contributed by atoms with van der Waals surface area (Å²) in [6, 6.07) is 9.80. The molecule has 0 unspecified atom stereocenters. The zero-order valence-corrected chi connectivity index (χ0v) is 10.5. The van der Waals surface area contributed by atoms with E-state index in [1.807, 2.05) is 63.3 Å². The molecule has 0 N–H and O–H groups in total. The number of nitriles is 1. The fourth-order valence-corrected chi connectivity index (χ4v) is 1.30. The first-order chi connectivity index (χ1) is 8.01. The Morgan fingerprint density at radius 1 is 1.24 bits per heavy atom. The van der Waals surface area contributed by atoms with Crippen LogP contribution in [0.25, 0.3) is 6.08 Å². The van der Waals surface area contributed by atoms with E-state index in [1.54, 1.807) is 6.08 Å². The van der Waals surface area contributed by atoms with Gasteiger partial charge in [-0.05, 0) is 38.5 Å². The molecule has 0 aliphatic rings. The first-order valence-corrected chi connectivity index (χ1v) is 5.53. The van der Waals surface area contributed by atoms with E-state index in [1.165, 1.54) is 6.08 Å². The molecule has 17 heavy (non-hydrogen) atoms. The highest BCUT2D eigenvalue weighted by Gasteiger charge is 2.11. The maximum absolute atomic E-state index is 8.34. The molecule has 1 rings (SSSR count). The molecule has 0 spiro atoms. The molecule has 0 aliphatic carbocycles. The Labute approximate surface area is 103 Å². The quantitative estimate of drug-likeness (QED) is 0.578. The molecule has 0 aliphatic heterocycles. The van der Waals surface area contributed by atoms with Crippen molar-refractivity contribution < 1.29 is 4.74 Å². The zero-order chi connectivity index (χ0) is 12.7. The minimum absolute atomic E-state index is 0.191. The number of hydrogen-bond acceptors (Lipinski definition) is 2. The number of rotatable bonds is 3. The third-order valence-electron chi connectivity index (χ3n) is 1.85. The maximum Gasteiger partial charge on any atom is 0.120 e. The number of ether oxygens (including phenoxy) is 1. The Kier molecular flexibility index (Phi) is 4.54. The van der Waals surface area contributed by atoms with Crippen LogP contribution in [-0.2, 0) is 0 Å². The highest BCUT2D eigenvalue weighted by atomic mass is 16.5. The lowest BCUT2D eigenvalue weighted by molar-refractivity contribution is 0.131. The van der Waals surface area contributed by atoms with Crippen LogP contribution in [0.3, 0.4) is 0 Å². The summed E-state index contributed by atoms with van der Waals surface area (Å²) < 4.78 is 5.77. The van der Waals surface area contributed by atoms with Crippen LogP contribution in [0.4, 0.5) is 0 Å². The van der Waals surface area contributed by atoms with E-state index in [0.29, 0.717) is 0 Å². The van der Waals surface area contributed by atoms with E-state index in [4.69, 9.17) is 10.00 Å². The largest absolute Gasteiger partial charge is 0.488 e. The van der Waals surface area contributed by atoms with Crippen molar-refractivity contribution in [2.24, 2.45) is 0 Å². The van der Waals surface area contributed by atoms with Gasteiger partial charge >= 0.3 is 0 Å². The molecule has 2 heteroatoms. The summed E-state index contributed by atoms with van der Waals surface area (Å²) in [4.78, 5) is 0. The molecule has 0 amide bonds. The van der Waals surface area contributed by atoms with Crippen LogP contribution in [-0.4, -0.2) is 5.60 Å². The Bertz CT molecular complexity index is 459. The van der Waals surface area contributed by atoms with Crippen LogP contribution in [0.15, 0.2) is 42.5 Å². The van der Waals surface area contributed by atoms with Crippen molar-refractivity contribution in [1.82, 2.24) is 0 Å². The lowest BCUT2D eigenvalue weighted by Crippen LogP contribution is -2.22. The molecule has 88 valence electrons. The van der Waals surface area contributed by atoms with Crippen molar-refractivity contribution in [2.45, 2.75) is 26.4 Å². The topological polar surface area (TPSA) is 33.0 Å². The van der Waals surface area contributed by atoms with E-state index in [2.05, 4.69) is 0 Å². The molecule has 0 aromatic heterocycles. The first-order valence-electron chi connectivity index (χ1n) is 5.53. The van der Waals surface area contributed by atoms with Crippen LogP contribution in [0.2, 0.25) is 0 Å². The summed E-state index contributed by atoms with van der Waals surface area (Å²) in [5.41, 5.74) is 0.859. The van der Waals surface area contributed by atoms with Gasteiger partial charge in [-0.3, -0.25) is 0 Å². The lowest BCUT2D eigenvalue weighted by atomic mass is 10.1. The lowest BCUT2D eigenvalue weighted by Gasteiger charge is -2.21. The minimum Gasteiger partial charge on any atom is -0.488 e. The van der Waals surface area contributed by atoms with Crippen LogP contribution in [0.5, 0.6) is 5.75 Å². The van der Waals surface area contributed by atoms with E-state index in [-0.39, 0.29) is 5.60 Å². The summed E-state index contributed by atoms with van der Waals surface area (Å²) >= 11 is 0. The second-order valence-corrected chi connectivity index (χ2v) is 4.63. The second-order valence-electron chi connectivity index (χ2n) is 4.63. The van der Waals surface area contributed by atoms with Gasteiger partial charge in [-0.1, -0.05) is 30.4 Å². The van der Waals surface area contributed by atoms with Crippen molar-refractivity contribution in [3.05, 3.63) is 48.1 Å². The van der Waals surface area contributed by atoms with E-state index >= 15 is 0 Å². The molecule has 0 fully saturated rings. The van der Waals surface area contributed by atoms with Gasteiger partial charge in [0.15, 0.2) is 0 Å². The molecule has 0 atom stereocenters. The molecular weight excluding hydrogens is 210 g/mol. The molecule has 0 heterocycles. The highest BCUT2D eigenvalue weighted by Crippen LogP contribution is 2.19. The predicted molar refractivity (Wildman–Crippen MR) is 70.6 cm³/mol. The summed E-state index contributed by atoms with van der Waals surface area (Å²) in [6.07, 6.45) is 6.91. The normalized spacial score (nSPS) is 11.9. The monoisotopic (exact) mass is 227 g/mol. The molecule has 0 saturated carbocycles. The van der Waals surface area contributed by atoms with Crippen molar-refractivity contribution in [1.29, 1.82) is 5.26 Å². The zero-order valence-electron chi connectivity index (χ0n) is 10.5. The van der Waals surface area contributed by atoms with E-state index < -0.39 is 0 Å². The van der Waals surface area contributed by atoms with Crippen LogP contribution in [0, 0.1) is 11.3 Å². The van der Waals surface area contributed by atoms with Gasteiger partial charge in [-0.15, -0.1) is 0 Å². The van der Waals surface area contributed by atoms with Crippen LogP contribution < -0.4 is 4.74 Å². The molecule has 0 radical (unpaired) electrons. The average molecular weight is 227 g/mol. The Morgan fingerprint density at radius 2 is 2.00 bits per heavy atom. The summed E-state index contributed by atoms with van der Waals surface area (Å²) in [5.74, 6) is 0.851. The second kappa shape index (κ2) is 5.91. The standard InChI is InChI=1S/C15H17NO/c1-15(2,3)17-14-10-7-9-13(12-14)8-5-4-6-11-16/h4-10,12H,1-3H3/b6-4+,8-5+. The van der Waals surface area contributed by atoms with Crippen molar-refractivity contribution in [3.63, 3.8) is 0 Å². The van der Waals surface area contributed by atoms with Gasteiger partial charge in [0.25, 0.3) is 0 Å². The van der Waals surface area contributed by atoms with Crippen molar-refractivity contribution >= 4 is 6.08 Å². The Hall–Kier alpha value is -2.01. The van der Waals surface area contributed by atoms with Gasteiger partial charge in [0.1, 0.15) is 11.4 Å². The molecular formula is C15H17NO. The molecule has 2 nitrogen and oxygen atoms in total. The van der Waals surface area contributed by atoms with Gasteiger partial charge in [-0.2, -0.15) is 5.26 Å². The van der Waals surface area contributed by atoms with Gasteiger partial charge in [0, 0.05) is 6.08 Å². The molecule has 0 bridgehead atoms. The summed E-state index contributed by atoms with van der Waals surface area (Å²) in [7, 11) is 0. The number of nitrogens with zero attached hydrogens (tertiary/aromatic N) is 1. The van der Waals surface area contributed by atoms with E-state index in [0.717, 1.165) is 11.3 Å². The first kappa shape index (κ1) is 13.1. The van der Waals surface area contributed by atoms with Crippen LogP contribution >= 0.6 is 0 Å². The SMILES string of the molecule is CC(C)(C)Oc1cccc(/C=C/C=C/C#N)c1. The maximum atomic E-state index is 8.34. The summed E-state index contributed by atoms with van der Waals surface area (Å²) in [5, 5.41) is 8.34. The van der Waals surface area contributed by atoms with Gasteiger partial charge in [0.05, 0.1) is 6.07 Å². The Balaban J connectivity index is 2.76. The Morgan fingerprint density at radius 3 is 2.65 bits per heavy atom. The van der Waals surface area contributed by atoms with Crippen molar-refractivity contribution in [3.8, 4) is 11.8 Å². The van der Waals surface area contributed by atoms with Gasteiger partial charge < -0.3 is 4.74 Å². The number of allylic oxidation sites excluding steroid dienone is 3. The van der Waals surface area contributed by atoms with Crippen molar-refractivity contribution in [2.75, 3.05) is 0 Å². The highest BCUT2D eigenvalue weighted by molar-refractivity contribution is 5.53. The number of hydrogen-bond donors (Lipinski definition) is 0. The molecule has 1 aromatic rings. The smallest absolute Gasteiger partial charge is 0.120 e.